The first-order chi connectivity index (χ1) is 10.8. The molecule has 0 fully saturated rings. The van der Waals surface area contributed by atoms with Crippen LogP contribution < -0.4 is 10.1 Å². The summed E-state index contributed by atoms with van der Waals surface area (Å²) in [7, 11) is 1.51. The van der Waals surface area contributed by atoms with Crippen molar-refractivity contribution in [3.8, 4) is 17.4 Å². The normalized spacial score (nSPS) is 10.5. The molecule has 2 N–H and O–H groups in total. The summed E-state index contributed by atoms with van der Waals surface area (Å²) >= 11 is 6.07. The summed E-state index contributed by atoms with van der Waals surface area (Å²) in [6.45, 7) is 0.557. The Balaban J connectivity index is 1.76. The summed E-state index contributed by atoms with van der Waals surface area (Å²) in [5.41, 5.74) is 2.02. The summed E-state index contributed by atoms with van der Waals surface area (Å²) in [5.74, 6) is 1.25. The standard InChI is InChI=1S/C14H13ClN6O/c1-22-14-17-7-11(15)13(20-14)16-6-9-3-2-4-10(5-9)12-18-8-19-21-12/h2-5,7-8H,6H2,1H3,(H,16,17,20)(H,18,19,21). The van der Waals surface area contributed by atoms with Crippen LogP contribution in [0.3, 0.4) is 0 Å². The van der Waals surface area contributed by atoms with Crippen LogP contribution in [0.5, 0.6) is 6.01 Å². The van der Waals surface area contributed by atoms with Gasteiger partial charge in [0.05, 0.1) is 13.3 Å². The molecule has 1 aromatic carbocycles. The number of hydrogen-bond acceptors (Lipinski definition) is 6. The van der Waals surface area contributed by atoms with Crippen LogP contribution in [-0.2, 0) is 6.54 Å². The van der Waals surface area contributed by atoms with Gasteiger partial charge in [0.1, 0.15) is 11.3 Å². The number of halogens is 1. The fourth-order valence-corrected chi connectivity index (χ4v) is 2.09. The highest BCUT2D eigenvalue weighted by molar-refractivity contribution is 6.32. The maximum absolute atomic E-state index is 6.07. The molecular weight excluding hydrogens is 304 g/mol. The molecule has 0 amide bonds. The SMILES string of the molecule is COc1ncc(Cl)c(NCc2cccc(-c3ncn[nH]3)c2)n1. The highest BCUT2D eigenvalue weighted by atomic mass is 35.5. The zero-order valence-corrected chi connectivity index (χ0v) is 12.5. The first-order valence-electron chi connectivity index (χ1n) is 6.51. The minimum atomic E-state index is 0.266. The number of anilines is 1. The van der Waals surface area contributed by atoms with Crippen molar-refractivity contribution >= 4 is 17.4 Å². The number of benzene rings is 1. The number of ether oxygens (including phenoxy) is 1. The van der Waals surface area contributed by atoms with E-state index in [1.807, 2.05) is 24.3 Å². The van der Waals surface area contributed by atoms with E-state index in [0.717, 1.165) is 17.0 Å². The molecule has 0 spiro atoms. The Hall–Kier alpha value is -2.67. The maximum Gasteiger partial charge on any atom is 0.318 e. The quantitative estimate of drug-likeness (QED) is 0.752. The van der Waals surface area contributed by atoms with Crippen LogP contribution in [0, 0.1) is 0 Å². The Morgan fingerprint density at radius 3 is 3.00 bits per heavy atom. The van der Waals surface area contributed by atoms with Crippen LogP contribution >= 0.6 is 11.6 Å². The van der Waals surface area contributed by atoms with E-state index in [-0.39, 0.29) is 6.01 Å². The Morgan fingerprint density at radius 2 is 2.23 bits per heavy atom. The van der Waals surface area contributed by atoms with Crippen LogP contribution in [0.2, 0.25) is 5.02 Å². The van der Waals surface area contributed by atoms with E-state index in [0.29, 0.717) is 17.4 Å². The van der Waals surface area contributed by atoms with Gasteiger partial charge in [0.25, 0.3) is 0 Å². The van der Waals surface area contributed by atoms with Crippen LogP contribution in [-0.4, -0.2) is 32.3 Å². The van der Waals surface area contributed by atoms with Crippen molar-refractivity contribution in [1.82, 2.24) is 25.1 Å². The first-order valence-corrected chi connectivity index (χ1v) is 6.89. The molecule has 0 bridgehead atoms. The lowest BCUT2D eigenvalue weighted by molar-refractivity contribution is 0.380. The van der Waals surface area contributed by atoms with Crippen molar-refractivity contribution in [2.45, 2.75) is 6.54 Å². The van der Waals surface area contributed by atoms with Gasteiger partial charge in [-0.05, 0) is 11.6 Å². The lowest BCUT2D eigenvalue weighted by Gasteiger charge is -2.09. The van der Waals surface area contributed by atoms with Crippen LogP contribution in [0.15, 0.2) is 36.8 Å². The maximum atomic E-state index is 6.07. The van der Waals surface area contributed by atoms with Crippen molar-refractivity contribution in [2.75, 3.05) is 12.4 Å². The van der Waals surface area contributed by atoms with E-state index in [1.54, 1.807) is 0 Å². The first kappa shape index (κ1) is 14.3. The Morgan fingerprint density at radius 1 is 1.32 bits per heavy atom. The molecule has 2 heterocycles. The van der Waals surface area contributed by atoms with Crippen molar-refractivity contribution in [1.29, 1.82) is 0 Å². The number of nitrogens with one attached hydrogen (secondary N) is 2. The molecule has 0 radical (unpaired) electrons. The number of methoxy groups -OCH3 is 1. The van der Waals surface area contributed by atoms with Crippen molar-refractivity contribution in [3.05, 3.63) is 47.4 Å². The second-order valence-corrected chi connectivity index (χ2v) is 4.85. The molecule has 112 valence electrons. The lowest BCUT2D eigenvalue weighted by Crippen LogP contribution is -2.04. The van der Waals surface area contributed by atoms with E-state index in [9.17, 15) is 0 Å². The Labute approximate surface area is 131 Å². The number of aromatic nitrogens is 5. The van der Waals surface area contributed by atoms with E-state index in [1.165, 1.54) is 19.6 Å². The van der Waals surface area contributed by atoms with Gasteiger partial charge in [0.15, 0.2) is 11.6 Å². The lowest BCUT2D eigenvalue weighted by atomic mass is 10.1. The third-order valence-electron chi connectivity index (χ3n) is 2.98. The molecule has 0 atom stereocenters. The molecule has 3 rings (SSSR count). The van der Waals surface area contributed by atoms with Gasteiger partial charge in [-0.2, -0.15) is 10.1 Å². The smallest absolute Gasteiger partial charge is 0.318 e. The molecule has 0 saturated carbocycles. The number of H-pyrrole nitrogens is 1. The fourth-order valence-electron chi connectivity index (χ4n) is 1.93. The third-order valence-corrected chi connectivity index (χ3v) is 3.26. The molecule has 3 aromatic rings. The van der Waals surface area contributed by atoms with E-state index < -0.39 is 0 Å². The van der Waals surface area contributed by atoms with E-state index in [2.05, 4.69) is 30.5 Å². The summed E-state index contributed by atoms with van der Waals surface area (Å²) in [6.07, 6.45) is 2.98. The van der Waals surface area contributed by atoms with Gasteiger partial charge in [-0.1, -0.05) is 29.8 Å². The molecule has 8 heteroatoms. The Kier molecular flexibility index (Phi) is 4.15. The van der Waals surface area contributed by atoms with Crippen LogP contribution in [0.4, 0.5) is 5.82 Å². The summed E-state index contributed by atoms with van der Waals surface area (Å²) in [5, 5.41) is 10.3. The predicted octanol–water partition coefficient (Wildman–Crippen LogP) is 2.54. The van der Waals surface area contributed by atoms with E-state index in [4.69, 9.17) is 16.3 Å². The van der Waals surface area contributed by atoms with Crippen molar-refractivity contribution in [2.24, 2.45) is 0 Å². The highest BCUT2D eigenvalue weighted by Crippen LogP contribution is 2.21. The predicted molar refractivity (Wildman–Crippen MR) is 82.7 cm³/mol. The van der Waals surface area contributed by atoms with Gasteiger partial charge in [0.2, 0.25) is 0 Å². The number of nitrogens with zero attached hydrogens (tertiary/aromatic N) is 4. The van der Waals surface area contributed by atoms with Gasteiger partial charge >= 0.3 is 6.01 Å². The zero-order valence-electron chi connectivity index (χ0n) is 11.7. The largest absolute Gasteiger partial charge is 0.467 e. The van der Waals surface area contributed by atoms with Gasteiger partial charge in [-0.15, -0.1) is 0 Å². The molecule has 0 aliphatic carbocycles. The minimum Gasteiger partial charge on any atom is -0.467 e. The average molecular weight is 317 g/mol. The highest BCUT2D eigenvalue weighted by Gasteiger charge is 2.06. The van der Waals surface area contributed by atoms with Crippen LogP contribution in [0.25, 0.3) is 11.4 Å². The van der Waals surface area contributed by atoms with Gasteiger partial charge in [0, 0.05) is 12.1 Å². The van der Waals surface area contributed by atoms with Gasteiger partial charge in [-0.3, -0.25) is 5.10 Å². The molecule has 0 unspecified atom stereocenters. The van der Waals surface area contributed by atoms with Crippen LogP contribution in [0.1, 0.15) is 5.56 Å². The fraction of sp³-hybridized carbons (Fsp3) is 0.143. The topological polar surface area (TPSA) is 88.6 Å². The Bertz CT molecular complexity index is 762. The van der Waals surface area contributed by atoms with Gasteiger partial charge < -0.3 is 10.1 Å². The summed E-state index contributed by atoms with van der Waals surface area (Å²) in [6, 6.07) is 8.20. The molecule has 2 aromatic heterocycles. The molecular formula is C14H13ClN6O. The average Bonchev–Trinajstić information content (AvgIpc) is 3.09. The zero-order chi connectivity index (χ0) is 15.4. The molecule has 0 aliphatic heterocycles. The summed E-state index contributed by atoms with van der Waals surface area (Å²) in [4.78, 5) is 12.2. The molecule has 22 heavy (non-hydrogen) atoms. The number of rotatable bonds is 5. The summed E-state index contributed by atoms with van der Waals surface area (Å²) < 4.78 is 4.99. The molecule has 7 nitrogen and oxygen atoms in total. The van der Waals surface area contributed by atoms with Crippen molar-refractivity contribution < 1.29 is 4.74 Å². The van der Waals surface area contributed by atoms with Crippen molar-refractivity contribution in [3.63, 3.8) is 0 Å². The second kappa shape index (κ2) is 6.40. The number of hydrogen-bond donors (Lipinski definition) is 2. The third kappa shape index (κ3) is 3.15. The van der Waals surface area contributed by atoms with Gasteiger partial charge in [-0.25, -0.2) is 9.97 Å². The minimum absolute atomic E-state index is 0.266. The number of aromatic amines is 1. The van der Waals surface area contributed by atoms with E-state index >= 15 is 0 Å². The molecule has 0 saturated heterocycles. The monoisotopic (exact) mass is 316 g/mol. The second-order valence-electron chi connectivity index (χ2n) is 4.44. The molecule has 0 aliphatic rings.